The van der Waals surface area contributed by atoms with E-state index in [1.54, 1.807) is 24.3 Å². The van der Waals surface area contributed by atoms with Gasteiger partial charge >= 0.3 is 0 Å². The molecule has 12 heavy (non-hydrogen) atoms. The van der Waals surface area contributed by atoms with Gasteiger partial charge in [0.25, 0.3) is 0 Å². The first-order chi connectivity index (χ1) is 5.89. The lowest BCUT2D eigenvalue weighted by molar-refractivity contribution is 0.0920. The number of phenols is 1. The second-order valence-corrected chi connectivity index (χ2v) is 2.06. The van der Waals surface area contributed by atoms with E-state index in [2.05, 4.69) is 9.47 Å². The van der Waals surface area contributed by atoms with Crippen LogP contribution >= 0.6 is 0 Å². The molecule has 0 saturated heterocycles. The van der Waals surface area contributed by atoms with Crippen molar-refractivity contribution in [1.29, 1.82) is 0 Å². The second kappa shape index (κ2) is 5.07. The van der Waals surface area contributed by atoms with E-state index in [0.717, 1.165) is 0 Å². The molecule has 1 heterocycles. The number of hydrogen-bond donors (Lipinski definition) is 1. The molecule has 3 nitrogen and oxygen atoms in total. The van der Waals surface area contributed by atoms with Crippen molar-refractivity contribution in [3.63, 3.8) is 0 Å². The standard InChI is InChI=1S/C6H6O.C3H4O2/c7-6-4-2-1-3-5-6;1-2-5-3-4-1/h1-5,7H;1-2H,3H2. The van der Waals surface area contributed by atoms with Crippen LogP contribution in [0.4, 0.5) is 0 Å². The average molecular weight is 166 g/mol. The normalized spacial score (nSPS) is 12.3. The first-order valence-electron chi connectivity index (χ1n) is 3.52. The number of ether oxygens (including phenoxy) is 2. The van der Waals surface area contributed by atoms with Crippen molar-refractivity contribution in [1.82, 2.24) is 0 Å². The van der Waals surface area contributed by atoms with Crippen LogP contribution in [-0.4, -0.2) is 11.9 Å². The van der Waals surface area contributed by atoms with E-state index >= 15 is 0 Å². The van der Waals surface area contributed by atoms with Gasteiger partial charge in [0.1, 0.15) is 18.3 Å². The Labute approximate surface area is 70.9 Å². The maximum atomic E-state index is 8.63. The number of aromatic hydroxyl groups is 1. The molecule has 1 aliphatic rings. The van der Waals surface area contributed by atoms with E-state index < -0.39 is 0 Å². The van der Waals surface area contributed by atoms with Crippen LogP contribution in [-0.2, 0) is 9.47 Å². The smallest absolute Gasteiger partial charge is 0.229 e. The Kier molecular flexibility index (Phi) is 3.57. The van der Waals surface area contributed by atoms with E-state index in [4.69, 9.17) is 5.11 Å². The summed E-state index contributed by atoms with van der Waals surface area (Å²) in [5.41, 5.74) is 0. The van der Waals surface area contributed by atoms with Crippen molar-refractivity contribution in [2.75, 3.05) is 6.79 Å². The van der Waals surface area contributed by atoms with Crippen LogP contribution < -0.4 is 0 Å². The largest absolute Gasteiger partial charge is 0.508 e. The fourth-order valence-corrected chi connectivity index (χ4v) is 0.624. The maximum Gasteiger partial charge on any atom is 0.229 e. The number of benzene rings is 1. The van der Waals surface area contributed by atoms with Gasteiger partial charge in [0.2, 0.25) is 6.79 Å². The monoisotopic (exact) mass is 166 g/mol. The zero-order valence-corrected chi connectivity index (χ0v) is 6.51. The van der Waals surface area contributed by atoms with Crippen LogP contribution in [0, 0.1) is 0 Å². The van der Waals surface area contributed by atoms with Crippen LogP contribution in [0.2, 0.25) is 0 Å². The Hall–Kier alpha value is -1.64. The van der Waals surface area contributed by atoms with Gasteiger partial charge < -0.3 is 14.6 Å². The quantitative estimate of drug-likeness (QED) is 0.639. The van der Waals surface area contributed by atoms with E-state index in [9.17, 15) is 0 Å². The van der Waals surface area contributed by atoms with Gasteiger partial charge in [0, 0.05) is 0 Å². The molecule has 1 aromatic carbocycles. The highest BCUT2D eigenvalue weighted by Crippen LogP contribution is 2.02. The number of rotatable bonds is 0. The third kappa shape index (κ3) is 3.51. The molecular formula is C9H10O3. The zero-order chi connectivity index (χ0) is 8.65. The Morgan fingerprint density at radius 2 is 1.58 bits per heavy atom. The van der Waals surface area contributed by atoms with Gasteiger partial charge in [-0.25, -0.2) is 0 Å². The molecule has 1 aliphatic heterocycles. The molecule has 2 rings (SSSR count). The highest BCUT2D eigenvalue weighted by molar-refractivity contribution is 5.18. The van der Waals surface area contributed by atoms with Crippen LogP contribution in [0.5, 0.6) is 5.75 Å². The van der Waals surface area contributed by atoms with Crippen molar-refractivity contribution in [2.24, 2.45) is 0 Å². The van der Waals surface area contributed by atoms with Crippen molar-refractivity contribution >= 4 is 0 Å². The first-order valence-corrected chi connectivity index (χ1v) is 3.52. The molecule has 0 atom stereocenters. The predicted molar refractivity (Wildman–Crippen MR) is 44.3 cm³/mol. The van der Waals surface area contributed by atoms with Crippen LogP contribution in [0.1, 0.15) is 0 Å². The summed E-state index contributed by atoms with van der Waals surface area (Å²) in [7, 11) is 0. The Bertz CT molecular complexity index is 225. The third-order valence-corrected chi connectivity index (χ3v) is 1.14. The minimum Gasteiger partial charge on any atom is -0.508 e. The van der Waals surface area contributed by atoms with Gasteiger partial charge in [0.05, 0.1) is 0 Å². The van der Waals surface area contributed by atoms with Gasteiger partial charge in [-0.15, -0.1) is 0 Å². The molecule has 0 unspecified atom stereocenters. The van der Waals surface area contributed by atoms with Crippen LogP contribution in [0.15, 0.2) is 42.9 Å². The average Bonchev–Trinajstić information content (AvgIpc) is 2.62. The van der Waals surface area contributed by atoms with E-state index in [1.165, 1.54) is 12.5 Å². The highest BCUT2D eigenvalue weighted by Gasteiger charge is 1.82. The number of hydrogen-bond acceptors (Lipinski definition) is 3. The van der Waals surface area contributed by atoms with E-state index in [-0.39, 0.29) is 0 Å². The fourth-order valence-electron chi connectivity index (χ4n) is 0.624. The van der Waals surface area contributed by atoms with Crippen molar-refractivity contribution in [3.8, 4) is 5.75 Å². The number of para-hydroxylation sites is 1. The first kappa shape index (κ1) is 8.46. The third-order valence-electron chi connectivity index (χ3n) is 1.14. The van der Waals surface area contributed by atoms with Crippen molar-refractivity contribution < 1.29 is 14.6 Å². The van der Waals surface area contributed by atoms with E-state index in [0.29, 0.717) is 12.5 Å². The van der Waals surface area contributed by atoms with Gasteiger partial charge in [-0.3, -0.25) is 0 Å². The lowest BCUT2D eigenvalue weighted by Crippen LogP contribution is -1.75. The van der Waals surface area contributed by atoms with Crippen LogP contribution in [0.3, 0.4) is 0 Å². The van der Waals surface area contributed by atoms with Crippen molar-refractivity contribution in [2.45, 2.75) is 0 Å². The van der Waals surface area contributed by atoms with Crippen LogP contribution in [0.25, 0.3) is 0 Å². The summed E-state index contributed by atoms with van der Waals surface area (Å²) in [5.74, 6) is 0.322. The van der Waals surface area contributed by atoms with Gasteiger partial charge in [0.15, 0.2) is 0 Å². The molecule has 0 fully saturated rings. The summed E-state index contributed by atoms with van der Waals surface area (Å²) >= 11 is 0. The maximum absolute atomic E-state index is 8.63. The summed E-state index contributed by atoms with van der Waals surface area (Å²) in [6, 6.07) is 8.71. The summed E-state index contributed by atoms with van der Waals surface area (Å²) in [6.07, 6.45) is 3.03. The molecule has 0 radical (unpaired) electrons. The lowest BCUT2D eigenvalue weighted by atomic mass is 10.3. The summed E-state index contributed by atoms with van der Waals surface area (Å²) in [6.45, 7) is 0.389. The summed E-state index contributed by atoms with van der Waals surface area (Å²) in [4.78, 5) is 0. The topological polar surface area (TPSA) is 38.7 Å². The molecule has 1 N–H and O–H groups in total. The SMILES string of the molecule is C1=COCO1.Oc1ccccc1. The lowest BCUT2D eigenvalue weighted by Gasteiger charge is -1.82. The molecule has 1 aromatic rings. The van der Waals surface area contributed by atoms with Crippen molar-refractivity contribution in [3.05, 3.63) is 42.9 Å². The predicted octanol–water partition coefficient (Wildman–Crippen LogP) is 1.85. The Morgan fingerprint density at radius 1 is 1.00 bits per heavy atom. The van der Waals surface area contributed by atoms with Gasteiger partial charge in [-0.2, -0.15) is 0 Å². The minimum absolute atomic E-state index is 0.322. The molecule has 0 aliphatic carbocycles. The minimum atomic E-state index is 0.322. The Morgan fingerprint density at radius 3 is 1.83 bits per heavy atom. The molecule has 0 saturated carbocycles. The molecule has 3 heteroatoms. The van der Waals surface area contributed by atoms with E-state index in [1.807, 2.05) is 6.07 Å². The fraction of sp³-hybridized carbons (Fsp3) is 0.111. The highest BCUT2D eigenvalue weighted by atomic mass is 16.7. The van der Waals surface area contributed by atoms with Gasteiger partial charge in [-0.1, -0.05) is 18.2 Å². The zero-order valence-electron chi connectivity index (χ0n) is 6.51. The summed E-state index contributed by atoms with van der Waals surface area (Å²) < 4.78 is 9.08. The summed E-state index contributed by atoms with van der Waals surface area (Å²) in [5, 5.41) is 8.63. The molecule has 0 aromatic heterocycles. The molecule has 0 bridgehead atoms. The number of phenolic OH excluding ortho intramolecular Hbond substituents is 1. The molecular weight excluding hydrogens is 156 g/mol. The second-order valence-electron chi connectivity index (χ2n) is 2.06. The van der Waals surface area contributed by atoms with Gasteiger partial charge in [-0.05, 0) is 12.1 Å². The molecule has 64 valence electrons. The molecule has 0 amide bonds. The Balaban J connectivity index is 0.000000127. The molecule has 0 spiro atoms.